The van der Waals surface area contributed by atoms with Crippen LogP contribution < -0.4 is 4.74 Å². The number of nitrogens with zero attached hydrogens (tertiary/aromatic N) is 1. The molecule has 0 fully saturated rings. The average molecular weight is 321 g/mol. The minimum Gasteiger partial charge on any atom is -0.496 e. The minimum absolute atomic E-state index is 0.108. The summed E-state index contributed by atoms with van der Waals surface area (Å²) in [7, 11) is 2.90. The number of unbranched alkanes of at least 4 members (excludes halogenated alkanes) is 3. The molecule has 0 atom stereocenters. The summed E-state index contributed by atoms with van der Waals surface area (Å²) < 4.78 is 9.94. The van der Waals surface area contributed by atoms with E-state index in [9.17, 15) is 9.59 Å². The van der Waals surface area contributed by atoms with Gasteiger partial charge in [-0.25, -0.2) is 0 Å². The normalized spacial score (nSPS) is 10.2. The van der Waals surface area contributed by atoms with Gasteiger partial charge in [0.15, 0.2) is 0 Å². The van der Waals surface area contributed by atoms with E-state index >= 15 is 0 Å². The summed E-state index contributed by atoms with van der Waals surface area (Å²) in [5.41, 5.74) is 0.523. The average Bonchev–Trinajstić information content (AvgIpc) is 2.60. The Kier molecular flexibility index (Phi) is 8.80. The highest BCUT2D eigenvalue weighted by atomic mass is 16.5. The third-order valence-corrected chi connectivity index (χ3v) is 3.72. The highest BCUT2D eigenvalue weighted by Gasteiger charge is 2.19. The van der Waals surface area contributed by atoms with E-state index in [0.717, 1.165) is 25.7 Å². The van der Waals surface area contributed by atoms with Gasteiger partial charge in [0.2, 0.25) is 0 Å². The Morgan fingerprint density at radius 2 is 1.78 bits per heavy atom. The van der Waals surface area contributed by atoms with Gasteiger partial charge in [0.25, 0.3) is 5.91 Å². The molecule has 0 aliphatic carbocycles. The Balaban J connectivity index is 2.79. The van der Waals surface area contributed by atoms with Crippen LogP contribution in [0.4, 0.5) is 0 Å². The van der Waals surface area contributed by atoms with Crippen molar-refractivity contribution in [2.45, 2.75) is 39.0 Å². The molecule has 0 spiro atoms. The lowest BCUT2D eigenvalue weighted by atomic mass is 10.1. The van der Waals surface area contributed by atoms with Crippen LogP contribution in [0, 0.1) is 0 Å². The maximum atomic E-state index is 12.8. The summed E-state index contributed by atoms with van der Waals surface area (Å²) in [6, 6.07) is 7.15. The number of rotatable bonds is 10. The van der Waals surface area contributed by atoms with Gasteiger partial charge in [0.05, 0.1) is 26.2 Å². The summed E-state index contributed by atoms with van der Waals surface area (Å²) in [5.74, 6) is 0.133. The van der Waals surface area contributed by atoms with E-state index < -0.39 is 0 Å². The minimum atomic E-state index is -0.309. The van der Waals surface area contributed by atoms with Crippen LogP contribution in [-0.4, -0.2) is 44.1 Å². The topological polar surface area (TPSA) is 55.8 Å². The molecular formula is C18H27NO4. The molecule has 0 aromatic heterocycles. The Morgan fingerprint density at radius 1 is 1.04 bits per heavy atom. The fraction of sp³-hybridized carbons (Fsp3) is 0.556. The molecule has 1 rings (SSSR count). The first-order valence-corrected chi connectivity index (χ1v) is 8.13. The van der Waals surface area contributed by atoms with E-state index in [1.807, 2.05) is 12.1 Å². The van der Waals surface area contributed by atoms with E-state index in [4.69, 9.17) is 4.74 Å². The highest BCUT2D eigenvalue weighted by molar-refractivity contribution is 5.97. The lowest BCUT2D eigenvalue weighted by molar-refractivity contribution is -0.140. The van der Waals surface area contributed by atoms with Gasteiger partial charge in [0, 0.05) is 13.1 Å². The number of hydrogen-bond acceptors (Lipinski definition) is 4. The second-order valence-corrected chi connectivity index (χ2v) is 5.38. The second kappa shape index (κ2) is 10.6. The van der Waals surface area contributed by atoms with Crippen LogP contribution >= 0.6 is 0 Å². The molecule has 0 N–H and O–H groups in total. The number of esters is 1. The lowest BCUT2D eigenvalue weighted by Gasteiger charge is -2.23. The first-order valence-electron chi connectivity index (χ1n) is 8.13. The number of hydrogen-bond donors (Lipinski definition) is 0. The molecule has 0 saturated heterocycles. The number of benzene rings is 1. The Hall–Kier alpha value is -2.04. The van der Waals surface area contributed by atoms with Crippen molar-refractivity contribution in [2.75, 3.05) is 27.3 Å². The monoisotopic (exact) mass is 321 g/mol. The van der Waals surface area contributed by atoms with Crippen molar-refractivity contribution in [2.24, 2.45) is 0 Å². The SMILES string of the molecule is CCCCCCN(CCC(=O)OC)C(=O)c1ccccc1OC. The maximum Gasteiger partial charge on any atom is 0.307 e. The number of para-hydroxylation sites is 1. The number of ether oxygens (including phenoxy) is 2. The number of methoxy groups -OCH3 is 2. The summed E-state index contributed by atoms with van der Waals surface area (Å²) in [5, 5.41) is 0. The predicted octanol–water partition coefficient (Wildman–Crippen LogP) is 3.28. The molecule has 0 bridgehead atoms. The molecule has 1 amide bonds. The Labute approximate surface area is 138 Å². The first-order chi connectivity index (χ1) is 11.1. The van der Waals surface area contributed by atoms with Crippen LogP contribution in [-0.2, 0) is 9.53 Å². The zero-order valence-corrected chi connectivity index (χ0v) is 14.3. The van der Waals surface area contributed by atoms with Crippen molar-refractivity contribution in [1.82, 2.24) is 4.90 Å². The van der Waals surface area contributed by atoms with Gasteiger partial charge in [-0.05, 0) is 18.6 Å². The zero-order chi connectivity index (χ0) is 17.1. The van der Waals surface area contributed by atoms with Crippen molar-refractivity contribution in [3.05, 3.63) is 29.8 Å². The van der Waals surface area contributed by atoms with Crippen molar-refractivity contribution in [3.8, 4) is 5.75 Å². The smallest absolute Gasteiger partial charge is 0.307 e. The summed E-state index contributed by atoms with van der Waals surface area (Å²) in [4.78, 5) is 25.9. The molecule has 128 valence electrons. The van der Waals surface area contributed by atoms with E-state index in [1.54, 1.807) is 24.1 Å². The molecule has 1 aromatic carbocycles. The summed E-state index contributed by atoms with van der Waals surface area (Å²) in [6.07, 6.45) is 4.49. The van der Waals surface area contributed by atoms with Crippen molar-refractivity contribution >= 4 is 11.9 Å². The predicted molar refractivity (Wildman–Crippen MR) is 89.7 cm³/mol. The van der Waals surface area contributed by atoms with Crippen LogP contribution in [0.2, 0.25) is 0 Å². The number of carbonyl (C=O) groups excluding carboxylic acids is 2. The molecule has 0 heterocycles. The zero-order valence-electron chi connectivity index (χ0n) is 14.3. The largest absolute Gasteiger partial charge is 0.496 e. The fourth-order valence-corrected chi connectivity index (χ4v) is 2.36. The van der Waals surface area contributed by atoms with Gasteiger partial charge >= 0.3 is 5.97 Å². The van der Waals surface area contributed by atoms with Gasteiger partial charge < -0.3 is 14.4 Å². The van der Waals surface area contributed by atoms with Gasteiger partial charge in [-0.2, -0.15) is 0 Å². The number of carbonyl (C=O) groups is 2. The fourth-order valence-electron chi connectivity index (χ4n) is 2.36. The molecule has 0 aliphatic rings. The molecule has 5 heteroatoms. The van der Waals surface area contributed by atoms with E-state index in [2.05, 4.69) is 11.7 Å². The summed E-state index contributed by atoms with van der Waals surface area (Å²) >= 11 is 0. The first kappa shape index (κ1) is 19.0. The third-order valence-electron chi connectivity index (χ3n) is 3.72. The van der Waals surface area contributed by atoms with Crippen LogP contribution in [0.1, 0.15) is 49.4 Å². The lowest BCUT2D eigenvalue weighted by Crippen LogP contribution is -2.34. The second-order valence-electron chi connectivity index (χ2n) is 5.38. The van der Waals surface area contributed by atoms with Crippen molar-refractivity contribution in [1.29, 1.82) is 0 Å². The van der Waals surface area contributed by atoms with Gasteiger partial charge in [-0.1, -0.05) is 38.3 Å². The molecule has 0 saturated carbocycles. The van der Waals surface area contributed by atoms with Crippen LogP contribution in [0.3, 0.4) is 0 Å². The van der Waals surface area contributed by atoms with Crippen molar-refractivity contribution in [3.63, 3.8) is 0 Å². The molecule has 1 aromatic rings. The maximum absolute atomic E-state index is 12.8. The van der Waals surface area contributed by atoms with Gasteiger partial charge in [0.1, 0.15) is 5.75 Å². The van der Waals surface area contributed by atoms with E-state index in [0.29, 0.717) is 24.4 Å². The molecular weight excluding hydrogens is 294 g/mol. The van der Waals surface area contributed by atoms with Crippen molar-refractivity contribution < 1.29 is 19.1 Å². The van der Waals surface area contributed by atoms with E-state index in [1.165, 1.54) is 7.11 Å². The van der Waals surface area contributed by atoms with Crippen LogP contribution in [0.15, 0.2) is 24.3 Å². The van der Waals surface area contributed by atoms with E-state index in [-0.39, 0.29) is 18.3 Å². The standard InChI is InChI=1S/C18H27NO4/c1-4-5-6-9-13-19(14-12-17(20)23-3)18(21)15-10-7-8-11-16(15)22-2/h7-8,10-11H,4-6,9,12-14H2,1-3H3. The summed E-state index contributed by atoms with van der Waals surface area (Å²) in [6.45, 7) is 3.14. The molecule has 0 radical (unpaired) electrons. The highest BCUT2D eigenvalue weighted by Crippen LogP contribution is 2.20. The van der Waals surface area contributed by atoms with Gasteiger partial charge in [-0.15, -0.1) is 0 Å². The number of amides is 1. The quantitative estimate of drug-likeness (QED) is 0.490. The van der Waals surface area contributed by atoms with Gasteiger partial charge in [-0.3, -0.25) is 9.59 Å². The third kappa shape index (κ3) is 6.30. The molecule has 0 aliphatic heterocycles. The van der Waals surface area contributed by atoms with Crippen LogP contribution in [0.25, 0.3) is 0 Å². The molecule has 23 heavy (non-hydrogen) atoms. The molecule has 0 unspecified atom stereocenters. The molecule has 5 nitrogen and oxygen atoms in total. The Bertz CT molecular complexity index is 502. The van der Waals surface area contributed by atoms with Crippen LogP contribution in [0.5, 0.6) is 5.75 Å². The Morgan fingerprint density at radius 3 is 2.43 bits per heavy atom.